The Morgan fingerprint density at radius 3 is 0.953 bits per heavy atom. The smallest absolute Gasteiger partial charge is 0.306 e. The van der Waals surface area contributed by atoms with Crippen molar-refractivity contribution >= 4 is 17.9 Å². The summed E-state index contributed by atoms with van der Waals surface area (Å²) < 4.78 is 16.8. The van der Waals surface area contributed by atoms with E-state index in [2.05, 4.69) is 81.5 Å². The molecule has 64 heavy (non-hydrogen) atoms. The van der Waals surface area contributed by atoms with Gasteiger partial charge in [0, 0.05) is 19.3 Å². The highest BCUT2D eigenvalue weighted by Crippen LogP contribution is 2.15. The zero-order valence-corrected chi connectivity index (χ0v) is 42.3. The van der Waals surface area contributed by atoms with Crippen molar-refractivity contribution in [1.82, 2.24) is 0 Å². The van der Waals surface area contributed by atoms with E-state index >= 15 is 0 Å². The molecule has 0 bridgehead atoms. The van der Waals surface area contributed by atoms with Gasteiger partial charge in [-0.05, 0) is 83.5 Å². The first-order valence-corrected chi connectivity index (χ1v) is 27.3. The molecule has 370 valence electrons. The fourth-order valence-electron chi connectivity index (χ4n) is 7.58. The second kappa shape index (κ2) is 52.7. The lowest BCUT2D eigenvalue weighted by Crippen LogP contribution is -2.30. The Hall–Kier alpha value is -2.89. The SMILES string of the molecule is CCCC/C=C\C/C=C\CCCCCCCC(=O)O[C@@H](COC(=O)CCCCCCCC/C=C\C/C=C\C/C=C\CCCCC)COC(=O)CCCCCCCCCCCCCCC. The predicted octanol–water partition coefficient (Wildman–Crippen LogP) is 18.0. The minimum absolute atomic E-state index is 0.0823. The van der Waals surface area contributed by atoms with Gasteiger partial charge in [-0.25, -0.2) is 0 Å². The number of ether oxygens (including phenoxy) is 3. The Morgan fingerprint density at radius 2 is 0.578 bits per heavy atom. The molecule has 0 saturated carbocycles. The van der Waals surface area contributed by atoms with Crippen LogP contribution in [0.4, 0.5) is 0 Å². The van der Waals surface area contributed by atoms with Crippen molar-refractivity contribution in [2.24, 2.45) is 0 Å². The monoisotopic (exact) mass is 895 g/mol. The largest absolute Gasteiger partial charge is 0.462 e. The molecule has 1 atom stereocenters. The topological polar surface area (TPSA) is 78.9 Å². The molecule has 0 saturated heterocycles. The van der Waals surface area contributed by atoms with E-state index in [0.29, 0.717) is 19.3 Å². The van der Waals surface area contributed by atoms with Crippen LogP contribution in [0.3, 0.4) is 0 Å². The minimum atomic E-state index is -0.785. The van der Waals surface area contributed by atoms with Crippen molar-refractivity contribution in [3.05, 3.63) is 60.8 Å². The van der Waals surface area contributed by atoms with E-state index in [-0.39, 0.29) is 31.1 Å². The minimum Gasteiger partial charge on any atom is -0.462 e. The van der Waals surface area contributed by atoms with Crippen molar-refractivity contribution in [3.63, 3.8) is 0 Å². The first kappa shape index (κ1) is 61.1. The van der Waals surface area contributed by atoms with E-state index in [1.165, 1.54) is 128 Å². The standard InChI is InChI=1S/C58H102O6/c1-4-7-10-13-16-19-22-25-27-28-29-30-31-34-36-39-42-45-48-51-57(60)63-54-55(53-62-56(59)50-47-44-41-38-35-32-24-21-18-15-12-9-6-3)64-58(61)52-49-46-43-40-37-33-26-23-20-17-14-11-8-5-2/h14,16-17,19,23,25-27,29-30,55H,4-13,15,18,20-22,24,28,31-54H2,1-3H3/b17-14-,19-16-,26-23-,27-25-,30-29-/t55-/m1/s1. The van der Waals surface area contributed by atoms with Crippen molar-refractivity contribution in [1.29, 1.82) is 0 Å². The van der Waals surface area contributed by atoms with Gasteiger partial charge < -0.3 is 14.2 Å². The quantitative estimate of drug-likeness (QED) is 0.0262. The lowest BCUT2D eigenvalue weighted by atomic mass is 10.0. The molecule has 0 aromatic heterocycles. The molecule has 0 heterocycles. The van der Waals surface area contributed by atoms with Crippen LogP contribution in [0.1, 0.15) is 271 Å². The van der Waals surface area contributed by atoms with Gasteiger partial charge >= 0.3 is 17.9 Å². The molecule has 0 aliphatic heterocycles. The van der Waals surface area contributed by atoms with Gasteiger partial charge in [0.1, 0.15) is 13.2 Å². The van der Waals surface area contributed by atoms with E-state index < -0.39 is 6.10 Å². The lowest BCUT2D eigenvalue weighted by molar-refractivity contribution is -0.167. The highest BCUT2D eigenvalue weighted by Gasteiger charge is 2.19. The van der Waals surface area contributed by atoms with E-state index in [9.17, 15) is 14.4 Å². The fraction of sp³-hybridized carbons (Fsp3) is 0.776. The van der Waals surface area contributed by atoms with E-state index in [1.54, 1.807) is 0 Å². The second-order valence-corrected chi connectivity index (χ2v) is 18.1. The van der Waals surface area contributed by atoms with Gasteiger partial charge in [-0.3, -0.25) is 14.4 Å². The van der Waals surface area contributed by atoms with Crippen molar-refractivity contribution < 1.29 is 28.6 Å². The summed E-state index contributed by atoms with van der Waals surface area (Å²) in [7, 11) is 0. The van der Waals surface area contributed by atoms with Gasteiger partial charge in [-0.1, -0.05) is 229 Å². The summed E-state index contributed by atoms with van der Waals surface area (Å²) in [6.45, 7) is 6.56. The first-order chi connectivity index (χ1) is 31.5. The summed E-state index contributed by atoms with van der Waals surface area (Å²) in [5, 5.41) is 0. The molecule has 0 unspecified atom stereocenters. The molecule has 0 fully saturated rings. The molecule has 0 aromatic carbocycles. The lowest BCUT2D eigenvalue weighted by Gasteiger charge is -2.18. The van der Waals surface area contributed by atoms with Crippen LogP contribution in [0.2, 0.25) is 0 Å². The van der Waals surface area contributed by atoms with Crippen LogP contribution < -0.4 is 0 Å². The van der Waals surface area contributed by atoms with Crippen LogP contribution in [0.25, 0.3) is 0 Å². The van der Waals surface area contributed by atoms with Crippen molar-refractivity contribution in [2.45, 2.75) is 277 Å². The molecule has 6 nitrogen and oxygen atoms in total. The normalized spacial score (nSPS) is 12.5. The molecule has 0 spiro atoms. The Kier molecular flexibility index (Phi) is 50.4. The molecular formula is C58H102O6. The Balaban J connectivity index is 4.39. The molecule has 0 N–H and O–H groups in total. The van der Waals surface area contributed by atoms with Crippen LogP contribution in [0, 0.1) is 0 Å². The average Bonchev–Trinajstić information content (AvgIpc) is 3.29. The maximum absolute atomic E-state index is 12.8. The molecule has 0 aromatic rings. The average molecular weight is 895 g/mol. The van der Waals surface area contributed by atoms with Gasteiger partial charge in [0.05, 0.1) is 0 Å². The third-order valence-corrected chi connectivity index (χ3v) is 11.7. The number of carbonyl (C=O) groups excluding carboxylic acids is 3. The summed E-state index contributed by atoms with van der Waals surface area (Å²) in [4.78, 5) is 38.0. The number of hydrogen-bond donors (Lipinski definition) is 0. The number of unbranched alkanes of at least 4 members (excludes halogenated alkanes) is 28. The van der Waals surface area contributed by atoms with Crippen LogP contribution in [-0.2, 0) is 28.6 Å². The van der Waals surface area contributed by atoms with Crippen LogP contribution in [0.5, 0.6) is 0 Å². The molecule has 0 amide bonds. The number of carbonyl (C=O) groups is 3. The third-order valence-electron chi connectivity index (χ3n) is 11.7. The Labute approximate surface area is 396 Å². The van der Waals surface area contributed by atoms with E-state index in [1.807, 2.05) is 0 Å². The summed E-state index contributed by atoms with van der Waals surface area (Å²) in [6.07, 6.45) is 64.8. The maximum atomic E-state index is 12.8. The predicted molar refractivity (Wildman–Crippen MR) is 275 cm³/mol. The Morgan fingerprint density at radius 1 is 0.312 bits per heavy atom. The van der Waals surface area contributed by atoms with Crippen LogP contribution >= 0.6 is 0 Å². The van der Waals surface area contributed by atoms with Gasteiger partial charge in [0.15, 0.2) is 6.10 Å². The highest BCUT2D eigenvalue weighted by atomic mass is 16.6. The highest BCUT2D eigenvalue weighted by molar-refractivity contribution is 5.71. The zero-order valence-electron chi connectivity index (χ0n) is 42.3. The van der Waals surface area contributed by atoms with Crippen LogP contribution in [-0.4, -0.2) is 37.2 Å². The summed E-state index contributed by atoms with van der Waals surface area (Å²) in [6, 6.07) is 0. The second-order valence-electron chi connectivity index (χ2n) is 18.1. The zero-order chi connectivity index (χ0) is 46.5. The molecule has 0 aliphatic rings. The summed E-state index contributed by atoms with van der Waals surface area (Å²) in [5.41, 5.74) is 0. The molecule has 6 heteroatoms. The van der Waals surface area contributed by atoms with Gasteiger partial charge in [-0.2, -0.15) is 0 Å². The fourth-order valence-corrected chi connectivity index (χ4v) is 7.58. The molecule has 0 rings (SSSR count). The van der Waals surface area contributed by atoms with Gasteiger partial charge in [-0.15, -0.1) is 0 Å². The number of esters is 3. The van der Waals surface area contributed by atoms with Crippen LogP contribution in [0.15, 0.2) is 60.8 Å². The molecule has 0 aliphatic carbocycles. The number of hydrogen-bond acceptors (Lipinski definition) is 6. The Bertz CT molecular complexity index is 1170. The van der Waals surface area contributed by atoms with E-state index in [4.69, 9.17) is 14.2 Å². The third kappa shape index (κ3) is 50.1. The molecular weight excluding hydrogens is 793 g/mol. The van der Waals surface area contributed by atoms with Crippen molar-refractivity contribution in [2.75, 3.05) is 13.2 Å². The van der Waals surface area contributed by atoms with E-state index in [0.717, 1.165) is 103 Å². The number of rotatable bonds is 49. The first-order valence-electron chi connectivity index (χ1n) is 27.3. The number of allylic oxidation sites excluding steroid dienone is 10. The summed E-state index contributed by atoms with van der Waals surface area (Å²) in [5.74, 6) is -0.902. The molecule has 0 radical (unpaired) electrons. The van der Waals surface area contributed by atoms with Gasteiger partial charge in [0.25, 0.3) is 0 Å². The van der Waals surface area contributed by atoms with Gasteiger partial charge in [0.2, 0.25) is 0 Å². The maximum Gasteiger partial charge on any atom is 0.306 e. The van der Waals surface area contributed by atoms with Crippen molar-refractivity contribution in [3.8, 4) is 0 Å². The summed E-state index contributed by atoms with van der Waals surface area (Å²) >= 11 is 0.